The molecular weight excluding hydrogens is 383 g/mol. The highest BCUT2D eigenvalue weighted by atomic mass is 35.5. The molecule has 1 aliphatic heterocycles. The first-order chi connectivity index (χ1) is 12.0. The van der Waals surface area contributed by atoms with E-state index in [9.17, 15) is 4.79 Å². The first kappa shape index (κ1) is 16.3. The van der Waals surface area contributed by atoms with Crippen LogP contribution in [-0.2, 0) is 11.3 Å². The van der Waals surface area contributed by atoms with Crippen molar-refractivity contribution in [1.29, 1.82) is 0 Å². The minimum atomic E-state index is -0.208. The van der Waals surface area contributed by atoms with E-state index in [-0.39, 0.29) is 12.5 Å². The zero-order valence-electron chi connectivity index (χ0n) is 13.0. The van der Waals surface area contributed by atoms with E-state index >= 15 is 0 Å². The van der Waals surface area contributed by atoms with Crippen LogP contribution in [0.15, 0.2) is 23.5 Å². The van der Waals surface area contributed by atoms with E-state index in [0.29, 0.717) is 33.1 Å². The average Bonchev–Trinajstić information content (AvgIpc) is 3.13. The molecule has 1 aromatic carbocycles. The van der Waals surface area contributed by atoms with E-state index in [0.717, 1.165) is 10.5 Å². The summed E-state index contributed by atoms with van der Waals surface area (Å²) >= 11 is 13.3. The molecule has 1 N–H and O–H groups in total. The highest BCUT2D eigenvalue weighted by Gasteiger charge is 2.19. The number of nitrogens with zero attached hydrogens (tertiary/aromatic N) is 5. The summed E-state index contributed by atoms with van der Waals surface area (Å²) < 4.78 is 2.56. The second kappa shape index (κ2) is 6.29. The van der Waals surface area contributed by atoms with Gasteiger partial charge in [0.05, 0.1) is 33.1 Å². The molecule has 1 amide bonds. The Morgan fingerprint density at radius 1 is 1.36 bits per heavy atom. The molecule has 7 nitrogen and oxygen atoms in total. The lowest BCUT2D eigenvalue weighted by Crippen LogP contribution is -2.23. The van der Waals surface area contributed by atoms with Crippen molar-refractivity contribution in [1.82, 2.24) is 14.5 Å². The summed E-state index contributed by atoms with van der Waals surface area (Å²) in [5.74, 6) is 1.23. The van der Waals surface area contributed by atoms with Gasteiger partial charge in [0, 0.05) is 13.3 Å². The van der Waals surface area contributed by atoms with Gasteiger partial charge in [-0.05, 0) is 12.1 Å². The number of halogens is 2. The Bertz CT molecular complexity index is 972. The Hall–Kier alpha value is -2.16. The van der Waals surface area contributed by atoms with Crippen LogP contribution in [0.3, 0.4) is 0 Å². The lowest BCUT2D eigenvalue weighted by atomic mass is 10.3. The van der Waals surface area contributed by atoms with Crippen molar-refractivity contribution in [2.45, 2.75) is 6.54 Å². The Labute approximate surface area is 156 Å². The molecule has 3 heterocycles. The van der Waals surface area contributed by atoms with Crippen LogP contribution < -0.4 is 10.2 Å². The largest absolute Gasteiger partial charge is 0.351 e. The summed E-state index contributed by atoms with van der Waals surface area (Å²) in [6.07, 6.45) is 3.40. The fraction of sp³-hybridized carbons (Fsp3) is 0.200. The normalized spacial score (nSPS) is 13.3. The van der Waals surface area contributed by atoms with E-state index in [1.54, 1.807) is 29.2 Å². The van der Waals surface area contributed by atoms with Crippen molar-refractivity contribution in [2.75, 3.05) is 23.8 Å². The minimum Gasteiger partial charge on any atom is -0.351 e. The van der Waals surface area contributed by atoms with E-state index in [1.165, 1.54) is 11.3 Å². The Morgan fingerprint density at radius 3 is 3.00 bits per heavy atom. The van der Waals surface area contributed by atoms with Gasteiger partial charge < -0.3 is 14.8 Å². The molecule has 1 aliphatic rings. The van der Waals surface area contributed by atoms with Crippen molar-refractivity contribution in [3.63, 3.8) is 0 Å². The first-order valence-corrected chi connectivity index (χ1v) is 8.93. The van der Waals surface area contributed by atoms with Crippen LogP contribution in [0.1, 0.15) is 0 Å². The van der Waals surface area contributed by atoms with E-state index < -0.39 is 0 Å². The monoisotopic (exact) mass is 394 g/mol. The number of benzene rings is 1. The SMILES string of the molecule is CN1CC=Nc2c1ncn2CC(=O)Nc1nc2cc(Cl)c(Cl)cc2s1. The second-order valence-corrected chi connectivity index (χ2v) is 7.36. The van der Waals surface area contributed by atoms with Gasteiger partial charge in [0.25, 0.3) is 0 Å². The molecule has 0 spiro atoms. The number of thiazole rings is 1. The van der Waals surface area contributed by atoms with Crippen molar-refractivity contribution in [2.24, 2.45) is 4.99 Å². The molecule has 25 heavy (non-hydrogen) atoms. The summed E-state index contributed by atoms with van der Waals surface area (Å²) in [6, 6.07) is 3.42. The Kier molecular flexibility index (Phi) is 4.10. The number of hydrogen-bond donors (Lipinski definition) is 1. The molecule has 0 radical (unpaired) electrons. The minimum absolute atomic E-state index is 0.102. The Balaban J connectivity index is 1.52. The van der Waals surface area contributed by atoms with Gasteiger partial charge in [-0.1, -0.05) is 34.5 Å². The molecular formula is C15H12Cl2N6OS. The van der Waals surface area contributed by atoms with Crippen LogP contribution >= 0.6 is 34.5 Å². The number of aliphatic imine (C=N–C) groups is 1. The maximum Gasteiger partial charge on any atom is 0.246 e. The quantitative estimate of drug-likeness (QED) is 0.736. The van der Waals surface area contributed by atoms with Gasteiger partial charge in [-0.2, -0.15) is 0 Å². The van der Waals surface area contributed by atoms with Gasteiger partial charge in [0.15, 0.2) is 16.8 Å². The number of rotatable bonds is 3. The van der Waals surface area contributed by atoms with Crippen LogP contribution in [0.2, 0.25) is 10.0 Å². The smallest absolute Gasteiger partial charge is 0.246 e. The molecule has 0 saturated heterocycles. The highest BCUT2D eigenvalue weighted by Crippen LogP contribution is 2.33. The molecule has 10 heteroatoms. The summed E-state index contributed by atoms with van der Waals surface area (Å²) in [4.78, 5) is 27.3. The summed E-state index contributed by atoms with van der Waals surface area (Å²) in [5.41, 5.74) is 0.695. The van der Waals surface area contributed by atoms with Gasteiger partial charge in [-0.15, -0.1) is 0 Å². The van der Waals surface area contributed by atoms with Crippen molar-refractivity contribution < 1.29 is 4.79 Å². The van der Waals surface area contributed by atoms with Crippen molar-refractivity contribution in [3.05, 3.63) is 28.5 Å². The third kappa shape index (κ3) is 3.08. The predicted molar refractivity (Wildman–Crippen MR) is 102 cm³/mol. The summed E-state index contributed by atoms with van der Waals surface area (Å²) in [6.45, 7) is 0.804. The zero-order valence-corrected chi connectivity index (χ0v) is 15.4. The Morgan fingerprint density at radius 2 is 2.16 bits per heavy atom. The molecule has 0 fully saturated rings. The van der Waals surface area contributed by atoms with Crippen LogP contribution in [0.25, 0.3) is 10.2 Å². The molecule has 0 unspecified atom stereocenters. The number of hydrogen-bond acceptors (Lipinski definition) is 6. The predicted octanol–water partition coefficient (Wildman–Crippen LogP) is 3.59. The van der Waals surface area contributed by atoms with Crippen LogP contribution in [0.5, 0.6) is 0 Å². The number of carbonyl (C=O) groups is 1. The van der Waals surface area contributed by atoms with Crippen LogP contribution in [-0.4, -0.2) is 40.2 Å². The molecule has 0 bridgehead atoms. The van der Waals surface area contributed by atoms with Crippen LogP contribution in [0, 0.1) is 0 Å². The number of imidazole rings is 1. The number of carbonyl (C=O) groups excluding carboxylic acids is 1. The first-order valence-electron chi connectivity index (χ1n) is 7.35. The number of anilines is 2. The molecule has 0 atom stereocenters. The molecule has 3 aromatic rings. The lowest BCUT2D eigenvalue weighted by Gasteiger charge is -2.18. The zero-order chi connectivity index (χ0) is 17.6. The van der Waals surface area contributed by atoms with Gasteiger partial charge in [0.2, 0.25) is 5.91 Å². The molecule has 4 rings (SSSR count). The van der Waals surface area contributed by atoms with E-state index in [2.05, 4.69) is 20.3 Å². The lowest BCUT2D eigenvalue weighted by molar-refractivity contribution is -0.116. The standard InChI is InChI=1S/C15H12Cl2N6OS/c1-22-3-2-18-14-13(22)19-7-23(14)6-12(24)21-15-20-10-4-8(16)9(17)5-11(10)25-15/h2,4-5,7H,3,6H2,1H3,(H,20,21,24). The third-order valence-corrected chi connectivity index (χ3v) is 5.37. The third-order valence-electron chi connectivity index (χ3n) is 3.71. The van der Waals surface area contributed by atoms with Gasteiger partial charge in [-0.3, -0.25) is 4.79 Å². The molecule has 0 saturated carbocycles. The summed E-state index contributed by atoms with van der Waals surface area (Å²) in [5, 5.41) is 4.18. The molecule has 2 aromatic heterocycles. The molecule has 128 valence electrons. The van der Waals surface area contributed by atoms with Gasteiger partial charge in [0.1, 0.15) is 6.54 Å². The van der Waals surface area contributed by atoms with Gasteiger partial charge in [-0.25, -0.2) is 15.0 Å². The van der Waals surface area contributed by atoms with Crippen LogP contribution in [0.4, 0.5) is 16.8 Å². The number of amides is 1. The highest BCUT2D eigenvalue weighted by molar-refractivity contribution is 7.22. The fourth-order valence-corrected chi connectivity index (χ4v) is 3.80. The number of aromatic nitrogens is 3. The summed E-state index contributed by atoms with van der Waals surface area (Å²) in [7, 11) is 1.93. The number of nitrogens with one attached hydrogen (secondary N) is 1. The average molecular weight is 395 g/mol. The topological polar surface area (TPSA) is 75.4 Å². The van der Waals surface area contributed by atoms with Crippen molar-refractivity contribution >= 4 is 73.6 Å². The molecule has 0 aliphatic carbocycles. The maximum atomic E-state index is 12.3. The maximum absolute atomic E-state index is 12.3. The second-order valence-electron chi connectivity index (χ2n) is 5.51. The van der Waals surface area contributed by atoms with Gasteiger partial charge >= 0.3 is 0 Å². The van der Waals surface area contributed by atoms with E-state index in [4.69, 9.17) is 23.2 Å². The van der Waals surface area contributed by atoms with E-state index in [1.807, 2.05) is 11.9 Å². The number of fused-ring (bicyclic) bond motifs is 2. The fourth-order valence-electron chi connectivity index (χ4n) is 2.51. The van der Waals surface area contributed by atoms with Crippen molar-refractivity contribution in [3.8, 4) is 0 Å².